The largest absolute Gasteiger partial charge is 0.359 e. The van der Waals surface area contributed by atoms with E-state index in [0.29, 0.717) is 0 Å². The topological polar surface area (TPSA) is 38.3 Å². The quantitative estimate of drug-likeness (QED) is 0.708. The average molecular weight is 331 g/mol. The molecule has 126 valence electrons. The lowest BCUT2D eigenvalue weighted by atomic mass is 10.0. The van der Waals surface area contributed by atoms with Crippen molar-refractivity contribution in [3.05, 3.63) is 102 Å². The lowest BCUT2D eigenvalue weighted by Gasteiger charge is -2.19. The lowest BCUT2D eigenvalue weighted by Crippen LogP contribution is -2.21. The summed E-state index contributed by atoms with van der Waals surface area (Å²) >= 11 is 0. The molecule has 3 aromatic carbocycles. The maximum Gasteiger partial charge on any atom is 0.250 e. The molecule has 0 heterocycles. The summed E-state index contributed by atoms with van der Waals surface area (Å²) in [4.78, 5) is 12.3. The van der Waals surface area contributed by atoms with E-state index in [-0.39, 0.29) is 18.6 Å². The van der Waals surface area contributed by atoms with Crippen LogP contribution in [0, 0.1) is 6.92 Å². The van der Waals surface area contributed by atoms with Crippen LogP contribution in [0.25, 0.3) is 0 Å². The van der Waals surface area contributed by atoms with Gasteiger partial charge in [0, 0.05) is 5.69 Å². The van der Waals surface area contributed by atoms with Gasteiger partial charge in [-0.25, -0.2) is 0 Å². The minimum absolute atomic E-state index is 0.0111. The van der Waals surface area contributed by atoms with E-state index < -0.39 is 0 Å². The van der Waals surface area contributed by atoms with Gasteiger partial charge in [0.25, 0.3) is 0 Å². The molecule has 1 amide bonds. The molecule has 25 heavy (non-hydrogen) atoms. The van der Waals surface area contributed by atoms with Crippen LogP contribution in [0.1, 0.15) is 22.8 Å². The Kier molecular flexibility index (Phi) is 5.60. The van der Waals surface area contributed by atoms with Crippen molar-refractivity contribution < 1.29 is 9.53 Å². The fourth-order valence-corrected chi connectivity index (χ4v) is 2.70. The van der Waals surface area contributed by atoms with Crippen LogP contribution in [0.3, 0.4) is 0 Å². The zero-order valence-corrected chi connectivity index (χ0v) is 14.2. The van der Waals surface area contributed by atoms with Crippen molar-refractivity contribution in [3.63, 3.8) is 0 Å². The van der Waals surface area contributed by atoms with E-state index in [1.54, 1.807) is 0 Å². The molecule has 3 rings (SSSR count). The fraction of sp³-hybridized carbons (Fsp3) is 0.136. The third-order valence-corrected chi connectivity index (χ3v) is 4.00. The third-order valence-electron chi connectivity index (χ3n) is 4.00. The van der Waals surface area contributed by atoms with Gasteiger partial charge in [0.15, 0.2) is 0 Å². The Morgan fingerprint density at radius 3 is 1.92 bits per heavy atom. The highest BCUT2D eigenvalue weighted by molar-refractivity contribution is 5.92. The van der Waals surface area contributed by atoms with Crippen molar-refractivity contribution in [3.8, 4) is 0 Å². The number of benzene rings is 3. The highest BCUT2D eigenvalue weighted by Crippen LogP contribution is 2.25. The molecule has 3 heteroatoms. The zero-order valence-electron chi connectivity index (χ0n) is 14.2. The summed E-state index contributed by atoms with van der Waals surface area (Å²) in [6, 6.07) is 27.6. The lowest BCUT2D eigenvalue weighted by molar-refractivity contribution is -0.121. The molecule has 0 aromatic heterocycles. The van der Waals surface area contributed by atoms with Gasteiger partial charge in [-0.2, -0.15) is 0 Å². The second-order valence-corrected chi connectivity index (χ2v) is 5.88. The molecule has 3 aromatic rings. The molecular weight excluding hydrogens is 310 g/mol. The van der Waals surface area contributed by atoms with Crippen LogP contribution >= 0.6 is 0 Å². The van der Waals surface area contributed by atoms with E-state index in [4.69, 9.17) is 4.74 Å². The van der Waals surface area contributed by atoms with Gasteiger partial charge in [0.1, 0.15) is 12.7 Å². The molecule has 0 radical (unpaired) electrons. The maximum absolute atomic E-state index is 12.3. The number of carbonyl (C=O) groups excluding carboxylic acids is 1. The van der Waals surface area contributed by atoms with Crippen molar-refractivity contribution in [2.24, 2.45) is 0 Å². The van der Waals surface area contributed by atoms with Gasteiger partial charge in [-0.05, 0) is 29.7 Å². The number of nitrogens with one attached hydrogen (secondary N) is 1. The number of aryl methyl sites for hydroxylation is 1. The van der Waals surface area contributed by atoms with Gasteiger partial charge in [0.2, 0.25) is 5.91 Å². The van der Waals surface area contributed by atoms with E-state index in [1.807, 2.05) is 91.9 Å². The smallest absolute Gasteiger partial charge is 0.250 e. The summed E-state index contributed by atoms with van der Waals surface area (Å²) in [7, 11) is 0. The normalized spacial score (nSPS) is 10.6. The first-order chi connectivity index (χ1) is 12.2. The molecule has 0 aliphatic carbocycles. The van der Waals surface area contributed by atoms with Gasteiger partial charge in [-0.1, -0.05) is 78.9 Å². The molecular formula is C22H21NO2. The molecule has 0 saturated heterocycles. The Morgan fingerprint density at radius 1 is 0.840 bits per heavy atom. The zero-order chi connectivity index (χ0) is 17.5. The summed E-state index contributed by atoms with van der Waals surface area (Å²) in [5, 5.41) is 2.90. The molecule has 0 bridgehead atoms. The van der Waals surface area contributed by atoms with Crippen LogP contribution in [-0.2, 0) is 9.53 Å². The fourth-order valence-electron chi connectivity index (χ4n) is 2.70. The van der Waals surface area contributed by atoms with Crippen LogP contribution < -0.4 is 5.32 Å². The number of amides is 1. The molecule has 0 spiro atoms. The Labute approximate surface area is 148 Å². The van der Waals surface area contributed by atoms with Gasteiger partial charge >= 0.3 is 0 Å². The molecule has 0 saturated carbocycles. The second-order valence-electron chi connectivity index (χ2n) is 5.88. The van der Waals surface area contributed by atoms with Crippen LogP contribution in [0.5, 0.6) is 0 Å². The van der Waals surface area contributed by atoms with E-state index in [0.717, 1.165) is 22.4 Å². The molecule has 0 aliphatic heterocycles. The van der Waals surface area contributed by atoms with E-state index >= 15 is 0 Å². The first-order valence-electron chi connectivity index (χ1n) is 8.31. The number of para-hydroxylation sites is 1. The van der Waals surface area contributed by atoms with Gasteiger partial charge < -0.3 is 10.1 Å². The van der Waals surface area contributed by atoms with Gasteiger partial charge in [-0.3, -0.25) is 4.79 Å². The highest BCUT2D eigenvalue weighted by Gasteiger charge is 2.16. The van der Waals surface area contributed by atoms with Crippen molar-refractivity contribution in [1.82, 2.24) is 0 Å². The first-order valence-corrected chi connectivity index (χ1v) is 8.31. The van der Waals surface area contributed by atoms with E-state index in [2.05, 4.69) is 5.32 Å². The molecule has 0 atom stereocenters. The van der Waals surface area contributed by atoms with Crippen molar-refractivity contribution in [2.45, 2.75) is 13.0 Å². The number of hydrogen-bond acceptors (Lipinski definition) is 2. The predicted octanol–water partition coefficient (Wildman–Crippen LogP) is 4.74. The second kappa shape index (κ2) is 8.27. The van der Waals surface area contributed by atoms with Crippen LogP contribution in [0.2, 0.25) is 0 Å². The summed E-state index contributed by atoms with van der Waals surface area (Å²) in [6.45, 7) is 1.95. The predicted molar refractivity (Wildman–Crippen MR) is 100 cm³/mol. The number of hydrogen-bond donors (Lipinski definition) is 1. The Hall–Kier alpha value is -2.91. The minimum Gasteiger partial charge on any atom is -0.359 e. The van der Waals surface area contributed by atoms with Crippen molar-refractivity contribution in [2.75, 3.05) is 11.9 Å². The molecule has 1 N–H and O–H groups in total. The van der Waals surface area contributed by atoms with Crippen molar-refractivity contribution in [1.29, 1.82) is 0 Å². The summed E-state index contributed by atoms with van der Waals surface area (Å²) < 4.78 is 5.98. The summed E-state index contributed by atoms with van der Waals surface area (Å²) in [5.74, 6) is -0.161. The van der Waals surface area contributed by atoms with Crippen LogP contribution in [0.4, 0.5) is 5.69 Å². The monoisotopic (exact) mass is 331 g/mol. The van der Waals surface area contributed by atoms with Crippen LogP contribution in [-0.4, -0.2) is 12.5 Å². The van der Waals surface area contributed by atoms with Crippen LogP contribution in [0.15, 0.2) is 84.9 Å². The molecule has 0 aliphatic rings. The Bertz CT molecular complexity index is 776. The SMILES string of the molecule is Cc1ccccc1NC(=O)COC(c1ccccc1)c1ccccc1. The summed E-state index contributed by atoms with van der Waals surface area (Å²) in [5.41, 5.74) is 3.89. The summed E-state index contributed by atoms with van der Waals surface area (Å²) in [6.07, 6.45) is -0.273. The number of anilines is 1. The first kappa shape index (κ1) is 16.9. The minimum atomic E-state index is -0.273. The van der Waals surface area contributed by atoms with E-state index in [9.17, 15) is 4.79 Å². The number of ether oxygens (including phenoxy) is 1. The van der Waals surface area contributed by atoms with Gasteiger partial charge in [0.05, 0.1) is 0 Å². The van der Waals surface area contributed by atoms with Gasteiger partial charge in [-0.15, -0.1) is 0 Å². The molecule has 0 unspecified atom stereocenters. The third kappa shape index (κ3) is 4.55. The Balaban J connectivity index is 1.71. The van der Waals surface area contributed by atoms with E-state index in [1.165, 1.54) is 0 Å². The maximum atomic E-state index is 12.3. The highest BCUT2D eigenvalue weighted by atomic mass is 16.5. The average Bonchev–Trinajstić information content (AvgIpc) is 2.66. The van der Waals surface area contributed by atoms with Crippen molar-refractivity contribution >= 4 is 11.6 Å². The molecule has 0 fully saturated rings. The number of rotatable bonds is 6. The standard InChI is InChI=1S/C22H21NO2/c1-17-10-8-9-15-20(17)23-21(24)16-25-22(18-11-4-2-5-12-18)19-13-6-3-7-14-19/h2-15,22H,16H2,1H3,(H,23,24). The molecule has 3 nitrogen and oxygen atoms in total. The number of carbonyl (C=O) groups is 1. The Morgan fingerprint density at radius 2 is 1.36 bits per heavy atom.